The molecule has 0 heterocycles. The number of benzene rings is 1. The van der Waals surface area contributed by atoms with Crippen LogP contribution in [-0.4, -0.2) is 20.0 Å². The molecule has 0 bridgehead atoms. The summed E-state index contributed by atoms with van der Waals surface area (Å²) in [7, 11) is -3.51. The van der Waals surface area contributed by atoms with Gasteiger partial charge in [-0.15, -0.1) is 0 Å². The Balaban J connectivity index is 2.72. The number of hydrogen-bond acceptors (Lipinski definition) is 4. The van der Waals surface area contributed by atoms with Gasteiger partial charge in [0.2, 0.25) is 0 Å². The topological polar surface area (TPSA) is 93.2 Å². The lowest BCUT2D eigenvalue weighted by molar-refractivity contribution is 0.483. The number of hydrogen-bond donors (Lipinski definition) is 2. The molecule has 0 aromatic heterocycles. The number of rotatable bonds is 6. The van der Waals surface area contributed by atoms with Crippen LogP contribution in [0.2, 0.25) is 0 Å². The lowest BCUT2D eigenvalue weighted by atomic mass is 10.2. The van der Waals surface area contributed by atoms with Crippen molar-refractivity contribution in [2.24, 2.45) is 5.73 Å². The van der Waals surface area contributed by atoms with Gasteiger partial charge >= 0.3 is 10.1 Å². The van der Waals surface area contributed by atoms with Gasteiger partial charge in [-0.2, -0.15) is 8.42 Å². The highest BCUT2D eigenvalue weighted by atomic mass is 32.2. The van der Waals surface area contributed by atoms with E-state index >= 15 is 0 Å². The van der Waals surface area contributed by atoms with E-state index in [0.717, 1.165) is 6.42 Å². The summed E-state index contributed by atoms with van der Waals surface area (Å²) < 4.78 is 27.9. The number of unbranched alkanes of at least 4 members (excludes halogenated alkanes) is 1. The molecular weight excluding hydrogens is 240 g/mol. The highest BCUT2D eigenvalue weighted by Crippen LogP contribution is 2.15. The van der Waals surface area contributed by atoms with E-state index in [1.54, 1.807) is 12.1 Å². The van der Waals surface area contributed by atoms with E-state index < -0.39 is 10.1 Å². The highest BCUT2D eigenvalue weighted by molar-refractivity contribution is 7.87. The fourth-order valence-electron chi connectivity index (χ4n) is 1.20. The van der Waals surface area contributed by atoms with Crippen molar-refractivity contribution in [3.8, 4) is 5.75 Å². The maximum atomic E-state index is 11.5. The molecule has 0 atom stereocenters. The minimum absolute atomic E-state index is 0.0119. The van der Waals surface area contributed by atoms with Crippen LogP contribution in [0, 0.1) is 5.41 Å². The molecule has 0 aliphatic rings. The Labute approximate surface area is 101 Å². The maximum Gasteiger partial charge on any atom is 0.309 e. The van der Waals surface area contributed by atoms with Crippen LogP contribution in [0.25, 0.3) is 0 Å². The molecule has 0 saturated carbocycles. The van der Waals surface area contributed by atoms with Gasteiger partial charge in [0.05, 0.1) is 5.75 Å². The standard InChI is InChI=1S/C11H16N2O3S/c1-2-3-8-17(14,15)16-10-6-4-9(5-7-10)11(12)13/h4-7H,2-3,8H2,1H3,(H3,12,13). The van der Waals surface area contributed by atoms with Crippen LogP contribution in [0.1, 0.15) is 25.3 Å². The van der Waals surface area contributed by atoms with Gasteiger partial charge < -0.3 is 9.92 Å². The molecule has 5 nitrogen and oxygen atoms in total. The van der Waals surface area contributed by atoms with Crippen molar-refractivity contribution in [3.05, 3.63) is 29.8 Å². The SMILES string of the molecule is CCCCS(=O)(=O)Oc1ccc(C(=N)N)cc1. The summed E-state index contributed by atoms with van der Waals surface area (Å²) in [6.45, 7) is 1.91. The van der Waals surface area contributed by atoms with Crippen molar-refractivity contribution < 1.29 is 12.6 Å². The second-order valence-corrected chi connectivity index (χ2v) is 5.33. The smallest absolute Gasteiger partial charge is 0.309 e. The third-order valence-electron chi connectivity index (χ3n) is 2.14. The zero-order chi connectivity index (χ0) is 12.9. The molecule has 0 spiro atoms. The largest absolute Gasteiger partial charge is 0.384 e. The zero-order valence-corrected chi connectivity index (χ0v) is 10.5. The first-order valence-corrected chi connectivity index (χ1v) is 6.89. The fraction of sp³-hybridized carbons (Fsp3) is 0.364. The fourth-order valence-corrected chi connectivity index (χ4v) is 2.33. The summed E-state index contributed by atoms with van der Waals surface area (Å²) in [5.74, 6) is 0.189. The Hall–Kier alpha value is -1.56. The van der Waals surface area contributed by atoms with Crippen LogP contribution in [-0.2, 0) is 10.1 Å². The minimum Gasteiger partial charge on any atom is -0.384 e. The van der Waals surface area contributed by atoms with E-state index in [4.69, 9.17) is 15.3 Å². The average Bonchev–Trinajstić information content (AvgIpc) is 2.26. The Morgan fingerprint density at radius 3 is 2.41 bits per heavy atom. The van der Waals surface area contributed by atoms with E-state index in [1.807, 2.05) is 6.92 Å². The summed E-state index contributed by atoms with van der Waals surface area (Å²) in [6, 6.07) is 6.07. The summed E-state index contributed by atoms with van der Waals surface area (Å²) in [5.41, 5.74) is 5.81. The first-order chi connectivity index (χ1) is 7.94. The summed E-state index contributed by atoms with van der Waals surface area (Å²) >= 11 is 0. The molecule has 1 rings (SSSR count). The number of nitrogens with two attached hydrogens (primary N) is 1. The van der Waals surface area contributed by atoms with Crippen LogP contribution in [0.3, 0.4) is 0 Å². The van der Waals surface area contributed by atoms with Crippen LogP contribution in [0.5, 0.6) is 5.75 Å². The molecule has 3 N–H and O–H groups in total. The van der Waals surface area contributed by atoms with E-state index in [-0.39, 0.29) is 17.3 Å². The van der Waals surface area contributed by atoms with Crippen LogP contribution in [0.15, 0.2) is 24.3 Å². The molecule has 0 amide bonds. The van der Waals surface area contributed by atoms with Crippen molar-refractivity contribution in [2.45, 2.75) is 19.8 Å². The molecule has 0 saturated heterocycles. The Bertz CT molecular complexity index is 480. The first-order valence-electron chi connectivity index (χ1n) is 5.31. The molecule has 0 aliphatic carbocycles. The Morgan fingerprint density at radius 2 is 1.94 bits per heavy atom. The monoisotopic (exact) mass is 256 g/mol. The van der Waals surface area contributed by atoms with E-state index in [1.165, 1.54) is 12.1 Å². The molecular formula is C11H16N2O3S. The van der Waals surface area contributed by atoms with Crippen molar-refractivity contribution in [1.29, 1.82) is 5.41 Å². The predicted molar refractivity (Wildman–Crippen MR) is 66.8 cm³/mol. The average molecular weight is 256 g/mol. The predicted octanol–water partition coefficient (Wildman–Crippen LogP) is 1.48. The van der Waals surface area contributed by atoms with Gasteiger partial charge in [-0.25, -0.2) is 0 Å². The summed E-state index contributed by atoms with van der Waals surface area (Å²) in [6.07, 6.45) is 1.37. The van der Waals surface area contributed by atoms with E-state index in [2.05, 4.69) is 0 Å². The molecule has 6 heteroatoms. The molecule has 0 radical (unpaired) electrons. The number of nitrogens with one attached hydrogen (secondary N) is 1. The van der Waals surface area contributed by atoms with Crippen molar-refractivity contribution in [1.82, 2.24) is 0 Å². The first kappa shape index (κ1) is 13.5. The van der Waals surface area contributed by atoms with Crippen molar-refractivity contribution in [3.63, 3.8) is 0 Å². The quantitative estimate of drug-likeness (QED) is 0.458. The molecule has 0 unspecified atom stereocenters. The molecule has 0 aliphatic heterocycles. The maximum absolute atomic E-state index is 11.5. The summed E-state index contributed by atoms with van der Waals surface area (Å²) in [5, 5.41) is 7.20. The van der Waals surface area contributed by atoms with Gasteiger partial charge in [0.15, 0.2) is 0 Å². The molecule has 0 fully saturated rings. The second kappa shape index (κ2) is 5.67. The number of amidine groups is 1. The van der Waals surface area contributed by atoms with Crippen LogP contribution in [0.4, 0.5) is 0 Å². The Kier molecular flexibility index (Phi) is 4.51. The van der Waals surface area contributed by atoms with E-state index in [0.29, 0.717) is 12.0 Å². The number of nitrogen functional groups attached to an aromatic ring is 1. The van der Waals surface area contributed by atoms with E-state index in [9.17, 15) is 8.42 Å². The van der Waals surface area contributed by atoms with Gasteiger partial charge in [0, 0.05) is 5.56 Å². The van der Waals surface area contributed by atoms with Crippen molar-refractivity contribution >= 4 is 16.0 Å². The molecule has 1 aromatic carbocycles. The molecule has 1 aromatic rings. The lowest BCUT2D eigenvalue weighted by Crippen LogP contribution is -2.14. The lowest BCUT2D eigenvalue weighted by Gasteiger charge is -2.06. The van der Waals surface area contributed by atoms with Gasteiger partial charge in [-0.05, 0) is 30.7 Å². The molecule has 94 valence electrons. The van der Waals surface area contributed by atoms with Gasteiger partial charge in [-0.3, -0.25) is 5.41 Å². The van der Waals surface area contributed by atoms with Crippen LogP contribution >= 0.6 is 0 Å². The normalized spacial score (nSPS) is 11.1. The van der Waals surface area contributed by atoms with Crippen LogP contribution < -0.4 is 9.92 Å². The zero-order valence-electron chi connectivity index (χ0n) is 9.64. The third kappa shape index (κ3) is 4.44. The second-order valence-electron chi connectivity index (χ2n) is 3.64. The Morgan fingerprint density at radius 1 is 1.35 bits per heavy atom. The molecule has 17 heavy (non-hydrogen) atoms. The minimum atomic E-state index is -3.51. The highest BCUT2D eigenvalue weighted by Gasteiger charge is 2.11. The van der Waals surface area contributed by atoms with Crippen molar-refractivity contribution in [2.75, 3.05) is 5.75 Å². The summed E-state index contributed by atoms with van der Waals surface area (Å²) in [4.78, 5) is 0. The third-order valence-corrected chi connectivity index (χ3v) is 3.37. The van der Waals surface area contributed by atoms with Gasteiger partial charge in [0.25, 0.3) is 0 Å². The van der Waals surface area contributed by atoms with Gasteiger partial charge in [-0.1, -0.05) is 13.3 Å². The van der Waals surface area contributed by atoms with Gasteiger partial charge in [0.1, 0.15) is 11.6 Å².